The molecule has 70 valence electrons. The molecule has 0 heterocycles. The van der Waals surface area contributed by atoms with Crippen LogP contribution in [0.25, 0.3) is 0 Å². The van der Waals surface area contributed by atoms with Crippen LogP contribution in [0.3, 0.4) is 0 Å². The van der Waals surface area contributed by atoms with Crippen LogP contribution in [0.15, 0.2) is 54.6 Å². The van der Waals surface area contributed by atoms with E-state index in [-0.39, 0.29) is 0 Å². The van der Waals surface area contributed by atoms with Crippen molar-refractivity contribution in [3.8, 4) is 11.5 Å². The molecule has 0 aromatic heterocycles. The molecule has 0 atom stereocenters. The number of hydrogen-bond donors (Lipinski definition) is 0. The molecule has 0 bridgehead atoms. The Labute approximate surface area is 87.9 Å². The maximum Gasteiger partial charge on any atom is 0.128 e. The summed E-state index contributed by atoms with van der Waals surface area (Å²) in [5.41, 5.74) is 0. The maximum atomic E-state index is 5.83. The molecule has 2 aromatic rings. The van der Waals surface area contributed by atoms with Crippen LogP contribution in [0.2, 0.25) is 5.02 Å². The normalized spacial score (nSPS) is 9.79. The topological polar surface area (TPSA) is 9.23 Å². The number of para-hydroxylation sites is 1. The lowest BCUT2D eigenvalue weighted by Crippen LogP contribution is -1.82. The van der Waals surface area contributed by atoms with Crippen molar-refractivity contribution in [3.63, 3.8) is 0 Å². The molecule has 0 fully saturated rings. The Morgan fingerprint density at radius 2 is 1.50 bits per heavy atom. The highest BCUT2D eigenvalue weighted by Crippen LogP contribution is 2.23. The van der Waals surface area contributed by atoms with Gasteiger partial charge in [0, 0.05) is 5.02 Å². The SMILES string of the molecule is Clc1cccc(Oc2ccccc2)c1. The summed E-state index contributed by atoms with van der Waals surface area (Å²) >= 11 is 5.83. The van der Waals surface area contributed by atoms with Crippen LogP contribution in [0, 0.1) is 0 Å². The van der Waals surface area contributed by atoms with Gasteiger partial charge in [-0.3, -0.25) is 0 Å². The third kappa shape index (κ3) is 2.27. The molecular formula is C12H9ClO. The molecule has 0 N–H and O–H groups in total. The minimum Gasteiger partial charge on any atom is -0.457 e. The molecule has 0 aliphatic rings. The summed E-state index contributed by atoms with van der Waals surface area (Å²) in [6, 6.07) is 17.0. The highest BCUT2D eigenvalue weighted by atomic mass is 35.5. The average Bonchev–Trinajstić information content (AvgIpc) is 2.19. The van der Waals surface area contributed by atoms with Gasteiger partial charge in [0.05, 0.1) is 0 Å². The molecule has 2 heteroatoms. The summed E-state index contributed by atoms with van der Waals surface area (Å²) in [6.45, 7) is 0. The van der Waals surface area contributed by atoms with Gasteiger partial charge in [0.1, 0.15) is 11.5 Å². The summed E-state index contributed by atoms with van der Waals surface area (Å²) in [5.74, 6) is 1.57. The van der Waals surface area contributed by atoms with Crippen molar-refractivity contribution in [2.24, 2.45) is 0 Å². The summed E-state index contributed by atoms with van der Waals surface area (Å²) in [7, 11) is 0. The van der Waals surface area contributed by atoms with Gasteiger partial charge in [0.15, 0.2) is 0 Å². The van der Waals surface area contributed by atoms with Crippen LogP contribution in [0.1, 0.15) is 0 Å². The second-order valence-electron chi connectivity index (χ2n) is 2.87. The Kier molecular flexibility index (Phi) is 2.70. The molecule has 0 aliphatic carbocycles. The summed E-state index contributed by atoms with van der Waals surface area (Å²) in [6.07, 6.45) is 0. The van der Waals surface area contributed by atoms with Gasteiger partial charge in [0.2, 0.25) is 0 Å². The van der Waals surface area contributed by atoms with Crippen LogP contribution in [-0.4, -0.2) is 0 Å². The van der Waals surface area contributed by atoms with Crippen molar-refractivity contribution < 1.29 is 4.74 Å². The molecule has 0 spiro atoms. The number of ether oxygens (including phenoxy) is 1. The van der Waals surface area contributed by atoms with Gasteiger partial charge in [-0.15, -0.1) is 0 Å². The van der Waals surface area contributed by atoms with Gasteiger partial charge in [0.25, 0.3) is 0 Å². The van der Waals surface area contributed by atoms with Gasteiger partial charge in [-0.1, -0.05) is 35.9 Å². The van der Waals surface area contributed by atoms with E-state index in [1.165, 1.54) is 0 Å². The molecule has 2 aromatic carbocycles. The number of benzene rings is 2. The van der Waals surface area contributed by atoms with Crippen LogP contribution in [0.5, 0.6) is 11.5 Å². The van der Waals surface area contributed by atoms with Crippen molar-refractivity contribution in [1.82, 2.24) is 0 Å². The van der Waals surface area contributed by atoms with Gasteiger partial charge >= 0.3 is 0 Å². The van der Waals surface area contributed by atoms with Crippen LogP contribution < -0.4 is 4.74 Å². The zero-order valence-corrected chi connectivity index (χ0v) is 8.24. The lowest BCUT2D eigenvalue weighted by molar-refractivity contribution is 0.483. The molecular weight excluding hydrogens is 196 g/mol. The third-order valence-corrected chi connectivity index (χ3v) is 2.01. The van der Waals surface area contributed by atoms with E-state index in [1.54, 1.807) is 6.07 Å². The molecule has 0 amide bonds. The van der Waals surface area contributed by atoms with E-state index >= 15 is 0 Å². The fraction of sp³-hybridized carbons (Fsp3) is 0. The van der Waals surface area contributed by atoms with Gasteiger partial charge in [-0.05, 0) is 30.3 Å². The Bertz CT molecular complexity index is 412. The first kappa shape index (κ1) is 9.10. The van der Waals surface area contributed by atoms with Crippen molar-refractivity contribution in [3.05, 3.63) is 59.6 Å². The minimum atomic E-state index is 0.679. The fourth-order valence-corrected chi connectivity index (χ4v) is 1.34. The number of hydrogen-bond acceptors (Lipinski definition) is 1. The second-order valence-corrected chi connectivity index (χ2v) is 3.31. The van der Waals surface area contributed by atoms with Crippen molar-refractivity contribution in [2.45, 2.75) is 0 Å². The quantitative estimate of drug-likeness (QED) is 0.715. The zero-order chi connectivity index (χ0) is 9.80. The largest absolute Gasteiger partial charge is 0.457 e. The molecule has 0 radical (unpaired) electrons. The summed E-state index contributed by atoms with van der Waals surface area (Å²) in [4.78, 5) is 0. The highest BCUT2D eigenvalue weighted by molar-refractivity contribution is 6.30. The van der Waals surface area contributed by atoms with Crippen molar-refractivity contribution in [1.29, 1.82) is 0 Å². The molecule has 2 rings (SSSR count). The van der Waals surface area contributed by atoms with Crippen molar-refractivity contribution in [2.75, 3.05) is 0 Å². The predicted molar refractivity (Wildman–Crippen MR) is 58.0 cm³/mol. The fourth-order valence-electron chi connectivity index (χ4n) is 1.16. The van der Waals surface area contributed by atoms with E-state index in [4.69, 9.17) is 16.3 Å². The first-order valence-corrected chi connectivity index (χ1v) is 4.71. The lowest BCUT2D eigenvalue weighted by atomic mass is 10.3. The summed E-state index contributed by atoms with van der Waals surface area (Å²) < 4.78 is 5.57. The van der Waals surface area contributed by atoms with Crippen LogP contribution in [-0.2, 0) is 0 Å². The highest BCUT2D eigenvalue weighted by Gasteiger charge is 1.95. The van der Waals surface area contributed by atoms with Crippen LogP contribution >= 0.6 is 11.6 Å². The maximum absolute atomic E-state index is 5.83. The standard InChI is InChI=1S/C12H9ClO/c13-10-5-4-8-12(9-10)14-11-6-2-1-3-7-11/h1-9H. The first-order chi connectivity index (χ1) is 6.84. The average molecular weight is 205 g/mol. The molecule has 1 nitrogen and oxygen atoms in total. The molecule has 0 aliphatic heterocycles. The van der Waals surface area contributed by atoms with E-state index in [0.29, 0.717) is 5.02 Å². The Hall–Kier alpha value is -1.47. The zero-order valence-electron chi connectivity index (χ0n) is 7.48. The molecule has 0 saturated carbocycles. The molecule has 0 saturated heterocycles. The monoisotopic (exact) mass is 204 g/mol. The van der Waals surface area contributed by atoms with E-state index in [0.717, 1.165) is 11.5 Å². The molecule has 14 heavy (non-hydrogen) atoms. The van der Waals surface area contributed by atoms with E-state index in [9.17, 15) is 0 Å². The van der Waals surface area contributed by atoms with Crippen LogP contribution in [0.4, 0.5) is 0 Å². The Balaban J connectivity index is 2.19. The Morgan fingerprint density at radius 1 is 0.786 bits per heavy atom. The third-order valence-electron chi connectivity index (χ3n) is 1.77. The van der Waals surface area contributed by atoms with Gasteiger partial charge in [-0.2, -0.15) is 0 Å². The Morgan fingerprint density at radius 3 is 2.21 bits per heavy atom. The minimum absolute atomic E-state index is 0.679. The van der Waals surface area contributed by atoms with Crippen molar-refractivity contribution >= 4 is 11.6 Å². The summed E-state index contributed by atoms with van der Waals surface area (Å²) in [5, 5.41) is 0.679. The first-order valence-electron chi connectivity index (χ1n) is 4.33. The second kappa shape index (κ2) is 4.16. The smallest absolute Gasteiger partial charge is 0.128 e. The van der Waals surface area contributed by atoms with Gasteiger partial charge in [-0.25, -0.2) is 0 Å². The van der Waals surface area contributed by atoms with E-state index in [1.807, 2.05) is 48.5 Å². The molecule has 0 unspecified atom stereocenters. The number of rotatable bonds is 2. The van der Waals surface area contributed by atoms with E-state index in [2.05, 4.69) is 0 Å². The predicted octanol–water partition coefficient (Wildman–Crippen LogP) is 4.13. The van der Waals surface area contributed by atoms with Gasteiger partial charge < -0.3 is 4.74 Å². The van der Waals surface area contributed by atoms with E-state index < -0.39 is 0 Å². The number of halogens is 1. The lowest BCUT2D eigenvalue weighted by Gasteiger charge is -2.04.